The van der Waals surface area contributed by atoms with Gasteiger partial charge < -0.3 is 15.0 Å². The zero-order chi connectivity index (χ0) is 23.4. The molecular formula is C25H41N3O3. The molecule has 0 unspecified atom stereocenters. The summed E-state index contributed by atoms with van der Waals surface area (Å²) >= 11 is 0. The van der Waals surface area contributed by atoms with E-state index < -0.39 is 11.7 Å². The van der Waals surface area contributed by atoms with E-state index in [2.05, 4.69) is 45.3 Å². The summed E-state index contributed by atoms with van der Waals surface area (Å²) in [5, 5.41) is 6.44. The molecule has 6 nitrogen and oxygen atoms in total. The van der Waals surface area contributed by atoms with Crippen LogP contribution in [0, 0.1) is 0 Å². The van der Waals surface area contributed by atoms with Crippen LogP contribution in [0.3, 0.4) is 0 Å². The quantitative estimate of drug-likeness (QED) is 0.616. The fraction of sp³-hybridized carbons (Fsp3) is 0.680. The van der Waals surface area contributed by atoms with Crippen LogP contribution >= 0.6 is 0 Å². The maximum absolute atomic E-state index is 13.6. The van der Waals surface area contributed by atoms with Crippen molar-refractivity contribution < 1.29 is 14.3 Å². The highest BCUT2D eigenvalue weighted by atomic mass is 16.6. The van der Waals surface area contributed by atoms with E-state index in [1.165, 1.54) is 0 Å². The second-order valence-electron chi connectivity index (χ2n) is 11.0. The first-order valence-electron chi connectivity index (χ1n) is 11.4. The topological polar surface area (TPSA) is 70.7 Å². The van der Waals surface area contributed by atoms with Crippen LogP contribution in [-0.2, 0) is 4.74 Å². The smallest absolute Gasteiger partial charge is 0.412 e. The average Bonchev–Trinajstić information content (AvgIpc) is 2.57. The molecule has 0 radical (unpaired) electrons. The number of nitrogens with zero attached hydrogens (tertiary/aromatic N) is 1. The van der Waals surface area contributed by atoms with Gasteiger partial charge in [-0.15, -0.1) is 0 Å². The number of piperidine rings is 1. The molecule has 1 aliphatic heterocycles. The highest BCUT2D eigenvalue weighted by molar-refractivity contribution is 5.96. The second-order valence-corrected chi connectivity index (χ2v) is 11.0. The molecule has 0 aromatic heterocycles. The number of anilines is 1. The zero-order valence-corrected chi connectivity index (χ0v) is 20.6. The first kappa shape index (κ1) is 25.2. The second kappa shape index (κ2) is 9.60. The molecule has 2 amide bonds. The van der Waals surface area contributed by atoms with Gasteiger partial charge in [0.2, 0.25) is 0 Å². The van der Waals surface area contributed by atoms with E-state index in [-0.39, 0.29) is 23.0 Å². The van der Waals surface area contributed by atoms with Crippen molar-refractivity contribution in [2.75, 3.05) is 11.9 Å². The molecule has 1 fully saturated rings. The van der Waals surface area contributed by atoms with E-state index in [4.69, 9.17) is 4.74 Å². The number of amides is 2. The zero-order valence-electron chi connectivity index (χ0n) is 20.6. The average molecular weight is 432 g/mol. The number of benzene rings is 1. The predicted octanol–water partition coefficient (Wildman–Crippen LogP) is 5.59. The molecule has 2 N–H and O–H groups in total. The lowest BCUT2D eigenvalue weighted by Crippen LogP contribution is -2.62. The van der Waals surface area contributed by atoms with E-state index in [9.17, 15) is 9.59 Å². The Kier molecular flexibility index (Phi) is 7.79. The van der Waals surface area contributed by atoms with Crippen molar-refractivity contribution in [1.29, 1.82) is 0 Å². The normalized spacial score (nSPS) is 18.3. The van der Waals surface area contributed by atoms with E-state index in [1.807, 2.05) is 31.7 Å². The molecule has 0 bridgehead atoms. The van der Waals surface area contributed by atoms with Crippen molar-refractivity contribution in [2.45, 2.75) is 104 Å². The summed E-state index contributed by atoms with van der Waals surface area (Å²) in [6, 6.07) is 7.29. The highest BCUT2D eigenvalue weighted by Gasteiger charge is 2.41. The van der Waals surface area contributed by atoms with Gasteiger partial charge in [-0.3, -0.25) is 10.1 Å². The number of nitrogens with one attached hydrogen (secondary N) is 2. The van der Waals surface area contributed by atoms with Gasteiger partial charge in [0.25, 0.3) is 5.91 Å². The summed E-state index contributed by atoms with van der Waals surface area (Å²) in [5.41, 5.74) is 0.470. The predicted molar refractivity (Wildman–Crippen MR) is 127 cm³/mol. The third-order valence-corrected chi connectivity index (χ3v) is 5.38. The van der Waals surface area contributed by atoms with Gasteiger partial charge in [0.05, 0.1) is 0 Å². The van der Waals surface area contributed by atoms with Gasteiger partial charge >= 0.3 is 6.09 Å². The van der Waals surface area contributed by atoms with Crippen LogP contribution in [0.15, 0.2) is 24.3 Å². The number of rotatable bonds is 6. The van der Waals surface area contributed by atoms with Crippen LogP contribution < -0.4 is 10.6 Å². The SMILES string of the molecule is CCCCN(C(=O)c1cccc(NC(=O)OC(C)(C)C)c1)C1CC(C)(C)NC(C)(C)C1. The van der Waals surface area contributed by atoms with Crippen molar-refractivity contribution in [3.63, 3.8) is 0 Å². The Labute approximate surface area is 188 Å². The Balaban J connectivity index is 2.24. The maximum Gasteiger partial charge on any atom is 0.412 e. The first-order chi connectivity index (χ1) is 14.2. The third kappa shape index (κ3) is 7.84. The Morgan fingerprint density at radius 2 is 1.77 bits per heavy atom. The summed E-state index contributed by atoms with van der Waals surface area (Å²) < 4.78 is 5.33. The van der Waals surface area contributed by atoms with E-state index in [0.29, 0.717) is 11.3 Å². The molecule has 6 heteroatoms. The first-order valence-corrected chi connectivity index (χ1v) is 11.4. The monoisotopic (exact) mass is 431 g/mol. The molecule has 0 saturated carbocycles. The Morgan fingerprint density at radius 1 is 1.16 bits per heavy atom. The Morgan fingerprint density at radius 3 is 2.32 bits per heavy atom. The number of unbranched alkanes of at least 4 members (excludes halogenated alkanes) is 1. The van der Waals surface area contributed by atoms with Crippen LogP contribution in [0.2, 0.25) is 0 Å². The van der Waals surface area contributed by atoms with Gasteiger partial charge in [0, 0.05) is 34.9 Å². The molecule has 2 rings (SSSR count). The van der Waals surface area contributed by atoms with Gasteiger partial charge in [-0.05, 0) is 85.9 Å². The van der Waals surface area contributed by atoms with Crippen LogP contribution in [0.1, 0.15) is 91.4 Å². The molecule has 0 aliphatic carbocycles. The molecule has 174 valence electrons. The van der Waals surface area contributed by atoms with Gasteiger partial charge in [0.1, 0.15) is 5.60 Å². The Bertz CT molecular complexity index is 764. The summed E-state index contributed by atoms with van der Waals surface area (Å²) in [7, 11) is 0. The van der Waals surface area contributed by atoms with Gasteiger partial charge in [0.15, 0.2) is 0 Å². The van der Waals surface area contributed by atoms with E-state index in [0.717, 1.165) is 32.2 Å². The molecule has 1 heterocycles. The number of hydrogen-bond donors (Lipinski definition) is 2. The van der Waals surface area contributed by atoms with Crippen molar-refractivity contribution in [3.8, 4) is 0 Å². The minimum atomic E-state index is -0.580. The highest BCUT2D eigenvalue weighted by Crippen LogP contribution is 2.32. The lowest BCUT2D eigenvalue weighted by atomic mass is 9.78. The summed E-state index contributed by atoms with van der Waals surface area (Å²) in [5.74, 6) is 0.0137. The fourth-order valence-electron chi connectivity index (χ4n) is 4.58. The molecule has 1 saturated heterocycles. The lowest BCUT2D eigenvalue weighted by Gasteiger charge is -2.49. The van der Waals surface area contributed by atoms with E-state index >= 15 is 0 Å². The van der Waals surface area contributed by atoms with Crippen molar-refractivity contribution in [3.05, 3.63) is 29.8 Å². The number of carbonyl (C=O) groups is 2. The summed E-state index contributed by atoms with van der Waals surface area (Å²) in [4.78, 5) is 27.8. The third-order valence-electron chi connectivity index (χ3n) is 5.38. The summed E-state index contributed by atoms with van der Waals surface area (Å²) in [6.07, 6.45) is 3.28. The fourth-order valence-corrected chi connectivity index (χ4v) is 4.58. The molecule has 1 aromatic rings. The summed E-state index contributed by atoms with van der Waals surface area (Å²) in [6.45, 7) is 17.1. The van der Waals surface area contributed by atoms with Crippen molar-refractivity contribution in [1.82, 2.24) is 10.2 Å². The van der Waals surface area contributed by atoms with Crippen LogP contribution in [0.4, 0.5) is 10.5 Å². The maximum atomic E-state index is 13.6. The van der Waals surface area contributed by atoms with Gasteiger partial charge in [-0.1, -0.05) is 19.4 Å². The molecule has 31 heavy (non-hydrogen) atoms. The minimum absolute atomic E-state index is 0.0137. The largest absolute Gasteiger partial charge is 0.444 e. The molecule has 1 aromatic carbocycles. The van der Waals surface area contributed by atoms with Crippen molar-refractivity contribution >= 4 is 17.7 Å². The standard InChI is InChI=1S/C25H41N3O3/c1-9-10-14-28(20-16-24(5,6)27-25(7,8)17-20)21(29)18-12-11-13-19(15-18)26-22(30)31-23(2,3)4/h11-13,15,20,27H,9-10,14,16-17H2,1-8H3,(H,26,30). The van der Waals surface area contributed by atoms with Gasteiger partial charge in [-0.25, -0.2) is 4.79 Å². The van der Waals surface area contributed by atoms with Crippen LogP contribution in [0.25, 0.3) is 0 Å². The Hall–Kier alpha value is -2.08. The molecule has 1 aliphatic rings. The molecular weight excluding hydrogens is 390 g/mol. The number of carbonyl (C=O) groups excluding carboxylic acids is 2. The lowest BCUT2D eigenvalue weighted by molar-refractivity contribution is 0.0441. The molecule has 0 atom stereocenters. The van der Waals surface area contributed by atoms with Crippen LogP contribution in [-0.4, -0.2) is 46.2 Å². The van der Waals surface area contributed by atoms with Crippen molar-refractivity contribution in [2.24, 2.45) is 0 Å². The minimum Gasteiger partial charge on any atom is -0.444 e. The molecule has 0 spiro atoms. The van der Waals surface area contributed by atoms with E-state index in [1.54, 1.807) is 18.2 Å². The van der Waals surface area contributed by atoms with Gasteiger partial charge in [-0.2, -0.15) is 0 Å². The number of ether oxygens (including phenoxy) is 1. The number of hydrogen-bond acceptors (Lipinski definition) is 4. The van der Waals surface area contributed by atoms with Crippen LogP contribution in [0.5, 0.6) is 0 Å².